The highest BCUT2D eigenvalue weighted by molar-refractivity contribution is 5.99. The third-order valence-corrected chi connectivity index (χ3v) is 5.64. The Morgan fingerprint density at radius 3 is 2.31 bits per heavy atom. The van der Waals surface area contributed by atoms with Crippen molar-refractivity contribution >= 4 is 22.6 Å². The van der Waals surface area contributed by atoms with Gasteiger partial charge in [-0.2, -0.15) is 4.52 Å². The van der Waals surface area contributed by atoms with Gasteiger partial charge in [-0.25, -0.2) is 14.8 Å². The lowest BCUT2D eigenvalue weighted by Gasteiger charge is -2.14. The largest absolute Gasteiger partial charge is 0.497 e. The fourth-order valence-corrected chi connectivity index (χ4v) is 4.01. The molecule has 2 aromatic carbocycles. The summed E-state index contributed by atoms with van der Waals surface area (Å²) >= 11 is 0. The zero-order valence-corrected chi connectivity index (χ0v) is 19.3. The van der Waals surface area contributed by atoms with Crippen LogP contribution in [0.2, 0.25) is 0 Å². The first-order valence-electron chi connectivity index (χ1n) is 10.4. The summed E-state index contributed by atoms with van der Waals surface area (Å²) in [5.74, 6) is 2.79. The van der Waals surface area contributed by atoms with Gasteiger partial charge in [0.15, 0.2) is 28.8 Å². The lowest BCUT2D eigenvalue weighted by molar-refractivity contribution is 0.197. The van der Waals surface area contributed by atoms with Gasteiger partial charge < -0.3 is 24.1 Å². The van der Waals surface area contributed by atoms with E-state index in [1.54, 1.807) is 47.1 Å². The number of aromatic nitrogens is 5. The zero-order chi connectivity index (χ0) is 24.7. The summed E-state index contributed by atoms with van der Waals surface area (Å²) < 4.78 is 24.3. The molecule has 0 aliphatic rings. The second kappa shape index (κ2) is 8.52. The van der Waals surface area contributed by atoms with Crippen molar-refractivity contribution in [2.45, 2.75) is 0 Å². The molecule has 35 heavy (non-hydrogen) atoms. The monoisotopic (exact) mass is 475 g/mol. The molecule has 3 heterocycles. The third kappa shape index (κ3) is 3.53. The van der Waals surface area contributed by atoms with Crippen LogP contribution in [0.5, 0.6) is 23.0 Å². The molecular weight excluding hydrogens is 454 g/mol. The molecule has 0 spiro atoms. The Morgan fingerprint density at radius 1 is 0.943 bits per heavy atom. The molecular formula is C24H21N5O6. The van der Waals surface area contributed by atoms with Crippen LogP contribution in [0.25, 0.3) is 39.3 Å². The number of hydrogen-bond donors (Lipinski definition) is 1. The first-order chi connectivity index (χ1) is 17.0. The standard InChI is InChI=1S/C24H21N5O6/c1-32-14-5-6-15-16(12-28(24(30)31)17(15)11-14)22-26-20-7-8-25-23(29(20)27-22)13-9-18(33-2)21(35-4)19(10-13)34-3/h5-12H,1-4H3,(H,30,31). The summed E-state index contributed by atoms with van der Waals surface area (Å²) in [4.78, 5) is 21.0. The first kappa shape index (κ1) is 22.0. The molecule has 3 aromatic heterocycles. The molecule has 0 bridgehead atoms. The van der Waals surface area contributed by atoms with Crippen LogP contribution < -0.4 is 18.9 Å². The number of rotatable bonds is 6. The Labute approximate surface area is 199 Å². The lowest BCUT2D eigenvalue weighted by Crippen LogP contribution is -2.05. The van der Waals surface area contributed by atoms with Gasteiger partial charge in [-0.05, 0) is 24.3 Å². The lowest BCUT2D eigenvalue weighted by atomic mass is 10.1. The van der Waals surface area contributed by atoms with E-state index >= 15 is 0 Å². The summed E-state index contributed by atoms with van der Waals surface area (Å²) in [5, 5.41) is 15.1. The van der Waals surface area contributed by atoms with Crippen molar-refractivity contribution in [2.24, 2.45) is 0 Å². The maximum Gasteiger partial charge on any atom is 0.416 e. The maximum atomic E-state index is 11.9. The van der Waals surface area contributed by atoms with Crippen LogP contribution in [-0.2, 0) is 0 Å². The predicted molar refractivity (Wildman–Crippen MR) is 127 cm³/mol. The second-order valence-corrected chi connectivity index (χ2v) is 7.47. The predicted octanol–water partition coefficient (Wildman–Crippen LogP) is 3.97. The van der Waals surface area contributed by atoms with Crippen molar-refractivity contribution < 1.29 is 28.8 Å². The fourth-order valence-electron chi connectivity index (χ4n) is 4.01. The summed E-state index contributed by atoms with van der Waals surface area (Å²) in [6.45, 7) is 0. The Balaban J connectivity index is 1.71. The van der Waals surface area contributed by atoms with Crippen LogP contribution in [0, 0.1) is 0 Å². The van der Waals surface area contributed by atoms with Crippen molar-refractivity contribution in [2.75, 3.05) is 28.4 Å². The Kier molecular flexibility index (Phi) is 5.36. The maximum absolute atomic E-state index is 11.9. The number of carboxylic acid groups (broad SMARTS) is 1. The number of nitrogens with zero attached hydrogens (tertiary/aromatic N) is 5. The molecule has 0 saturated carbocycles. The van der Waals surface area contributed by atoms with E-state index in [2.05, 4.69) is 15.1 Å². The SMILES string of the molecule is COc1ccc2c(-c3nc4ccnc(-c5cc(OC)c(OC)c(OC)c5)n4n3)cn(C(=O)O)c2c1. The number of benzene rings is 2. The van der Waals surface area contributed by atoms with E-state index in [0.29, 0.717) is 62.3 Å². The Bertz CT molecular complexity index is 1560. The van der Waals surface area contributed by atoms with Crippen molar-refractivity contribution in [1.29, 1.82) is 0 Å². The highest BCUT2D eigenvalue weighted by atomic mass is 16.5. The molecule has 0 aliphatic heterocycles. The van der Waals surface area contributed by atoms with Gasteiger partial charge in [-0.1, -0.05) is 0 Å². The van der Waals surface area contributed by atoms with Gasteiger partial charge in [0, 0.05) is 41.0 Å². The highest BCUT2D eigenvalue weighted by Gasteiger charge is 2.21. The van der Waals surface area contributed by atoms with Crippen molar-refractivity contribution in [3.63, 3.8) is 0 Å². The molecule has 1 N–H and O–H groups in total. The second-order valence-electron chi connectivity index (χ2n) is 7.47. The summed E-state index contributed by atoms with van der Waals surface area (Å²) in [6, 6.07) is 10.5. The fraction of sp³-hybridized carbons (Fsp3) is 0.167. The van der Waals surface area contributed by atoms with Gasteiger partial charge in [-0.15, -0.1) is 5.10 Å². The third-order valence-electron chi connectivity index (χ3n) is 5.64. The van der Waals surface area contributed by atoms with E-state index < -0.39 is 6.09 Å². The molecule has 11 nitrogen and oxygen atoms in total. The normalized spacial score (nSPS) is 11.1. The summed E-state index contributed by atoms with van der Waals surface area (Å²) in [5.41, 5.74) is 2.22. The minimum atomic E-state index is -1.13. The molecule has 0 amide bonds. The van der Waals surface area contributed by atoms with E-state index in [0.717, 1.165) is 4.57 Å². The van der Waals surface area contributed by atoms with E-state index in [-0.39, 0.29) is 0 Å². The quantitative estimate of drug-likeness (QED) is 0.389. The summed E-state index contributed by atoms with van der Waals surface area (Å²) in [6.07, 6.45) is 1.99. The molecule has 5 aromatic rings. The van der Waals surface area contributed by atoms with Crippen molar-refractivity contribution in [1.82, 2.24) is 24.1 Å². The number of fused-ring (bicyclic) bond motifs is 2. The van der Waals surface area contributed by atoms with Crippen LogP contribution in [0.15, 0.2) is 48.8 Å². The topological polar surface area (TPSA) is 122 Å². The molecule has 0 unspecified atom stereocenters. The van der Waals surface area contributed by atoms with Gasteiger partial charge in [-0.3, -0.25) is 4.57 Å². The number of ether oxygens (including phenoxy) is 4. The number of methoxy groups -OCH3 is 4. The molecule has 0 fully saturated rings. The van der Waals surface area contributed by atoms with Crippen LogP contribution in [-0.4, -0.2) is 63.8 Å². The molecule has 0 atom stereocenters. The van der Waals surface area contributed by atoms with E-state index in [1.807, 2.05) is 0 Å². The molecule has 0 saturated heterocycles. The summed E-state index contributed by atoms with van der Waals surface area (Å²) in [7, 11) is 6.13. The van der Waals surface area contributed by atoms with Gasteiger partial charge in [0.05, 0.1) is 34.0 Å². The van der Waals surface area contributed by atoms with Crippen LogP contribution in [0.3, 0.4) is 0 Å². The minimum Gasteiger partial charge on any atom is -0.497 e. The van der Waals surface area contributed by atoms with Gasteiger partial charge in [0.2, 0.25) is 5.75 Å². The Hall–Kier alpha value is -4.80. The van der Waals surface area contributed by atoms with E-state index in [1.165, 1.54) is 34.6 Å². The molecule has 0 aliphatic carbocycles. The smallest absolute Gasteiger partial charge is 0.416 e. The molecule has 178 valence electrons. The molecule has 5 rings (SSSR count). The van der Waals surface area contributed by atoms with Crippen LogP contribution in [0.1, 0.15) is 0 Å². The number of carbonyl (C=O) groups is 1. The Morgan fingerprint density at radius 2 is 1.69 bits per heavy atom. The van der Waals surface area contributed by atoms with E-state index in [9.17, 15) is 9.90 Å². The van der Waals surface area contributed by atoms with Crippen molar-refractivity contribution in [3.8, 4) is 45.8 Å². The minimum absolute atomic E-state index is 0.349. The zero-order valence-electron chi connectivity index (χ0n) is 19.3. The molecule has 0 radical (unpaired) electrons. The van der Waals surface area contributed by atoms with Crippen LogP contribution in [0.4, 0.5) is 4.79 Å². The molecule has 11 heteroatoms. The highest BCUT2D eigenvalue weighted by Crippen LogP contribution is 2.41. The van der Waals surface area contributed by atoms with Crippen molar-refractivity contribution in [3.05, 3.63) is 48.8 Å². The average molecular weight is 475 g/mol. The van der Waals surface area contributed by atoms with Gasteiger partial charge >= 0.3 is 6.09 Å². The van der Waals surface area contributed by atoms with Crippen LogP contribution >= 0.6 is 0 Å². The number of hydrogen-bond acceptors (Lipinski definition) is 8. The van der Waals surface area contributed by atoms with E-state index in [4.69, 9.17) is 18.9 Å². The first-order valence-corrected chi connectivity index (χ1v) is 10.4. The van der Waals surface area contributed by atoms with Gasteiger partial charge in [0.1, 0.15) is 5.75 Å². The average Bonchev–Trinajstić information content (AvgIpc) is 3.48. The van der Waals surface area contributed by atoms with Gasteiger partial charge in [0.25, 0.3) is 0 Å².